The highest BCUT2D eigenvalue weighted by molar-refractivity contribution is 7.98. The van der Waals surface area contributed by atoms with Crippen molar-refractivity contribution >= 4 is 11.8 Å². The topological polar surface area (TPSA) is 55.1 Å². The van der Waals surface area contributed by atoms with Gasteiger partial charge in [-0.25, -0.2) is 4.98 Å². The summed E-state index contributed by atoms with van der Waals surface area (Å²) in [6.45, 7) is 4.31. The Morgan fingerprint density at radius 1 is 1.19 bits per heavy atom. The van der Waals surface area contributed by atoms with Crippen LogP contribution in [0.25, 0.3) is 0 Å². The minimum absolute atomic E-state index is 0.311. The van der Waals surface area contributed by atoms with Crippen LogP contribution in [0.5, 0.6) is 11.6 Å². The minimum Gasteiger partial charge on any atom is -0.473 e. The standard InChI is InChI=1S/C14H12N2O2S.C2H6/c1-19-13-6-4-5-12(18-10-15)11(13)9-17-14-7-2-3-8-16-14;1-2/h2-8H,9H2,1H3;1-2H3. The summed E-state index contributed by atoms with van der Waals surface area (Å²) in [6, 6.07) is 11.0. The Bertz CT molecular complexity index is 583. The predicted octanol–water partition coefficient (Wildman–Crippen LogP) is 4.27. The van der Waals surface area contributed by atoms with Gasteiger partial charge in [-0.1, -0.05) is 26.0 Å². The van der Waals surface area contributed by atoms with Crippen LogP contribution < -0.4 is 9.47 Å². The molecule has 0 bridgehead atoms. The molecule has 0 fully saturated rings. The normalized spacial score (nSPS) is 9.05. The first-order chi connectivity index (χ1) is 10.3. The Morgan fingerprint density at radius 3 is 2.62 bits per heavy atom. The maximum atomic E-state index is 8.66. The third-order valence-electron chi connectivity index (χ3n) is 2.47. The van der Waals surface area contributed by atoms with Gasteiger partial charge in [0.1, 0.15) is 12.4 Å². The van der Waals surface area contributed by atoms with Gasteiger partial charge in [0, 0.05) is 22.7 Å². The van der Waals surface area contributed by atoms with Crippen molar-refractivity contribution in [2.45, 2.75) is 25.3 Å². The zero-order valence-electron chi connectivity index (χ0n) is 12.4. The SMILES string of the molecule is CC.CSc1cccc(OC#N)c1COc1ccccn1. The van der Waals surface area contributed by atoms with Crippen molar-refractivity contribution in [3.05, 3.63) is 48.2 Å². The summed E-state index contributed by atoms with van der Waals surface area (Å²) in [5.74, 6) is 1.06. The number of hydrogen-bond acceptors (Lipinski definition) is 5. The van der Waals surface area contributed by atoms with Gasteiger partial charge in [0.25, 0.3) is 6.26 Å². The number of pyridine rings is 1. The fourth-order valence-corrected chi connectivity index (χ4v) is 2.22. The maximum Gasteiger partial charge on any atom is 0.292 e. The summed E-state index contributed by atoms with van der Waals surface area (Å²) in [5.41, 5.74) is 0.849. The van der Waals surface area contributed by atoms with Gasteiger partial charge in [-0.3, -0.25) is 0 Å². The van der Waals surface area contributed by atoms with Crippen molar-refractivity contribution < 1.29 is 9.47 Å². The van der Waals surface area contributed by atoms with Gasteiger partial charge in [0.05, 0.1) is 0 Å². The van der Waals surface area contributed by atoms with Gasteiger partial charge in [-0.15, -0.1) is 17.0 Å². The molecule has 0 saturated heterocycles. The van der Waals surface area contributed by atoms with Crippen LogP contribution in [-0.2, 0) is 6.61 Å². The van der Waals surface area contributed by atoms with Crippen LogP contribution in [0.3, 0.4) is 0 Å². The predicted molar refractivity (Wildman–Crippen MR) is 84.4 cm³/mol. The number of ether oxygens (including phenoxy) is 2. The lowest BCUT2D eigenvalue weighted by Gasteiger charge is -2.11. The molecule has 0 atom stereocenters. The molecule has 0 unspecified atom stereocenters. The molecule has 2 aromatic rings. The highest BCUT2D eigenvalue weighted by Gasteiger charge is 2.10. The van der Waals surface area contributed by atoms with Crippen LogP contribution in [0.15, 0.2) is 47.5 Å². The van der Waals surface area contributed by atoms with Crippen LogP contribution in [0.1, 0.15) is 19.4 Å². The molecule has 21 heavy (non-hydrogen) atoms. The highest BCUT2D eigenvalue weighted by atomic mass is 32.2. The lowest BCUT2D eigenvalue weighted by molar-refractivity contribution is 0.286. The number of nitrogens with zero attached hydrogens (tertiary/aromatic N) is 2. The molecule has 1 aromatic heterocycles. The van der Waals surface area contributed by atoms with E-state index in [4.69, 9.17) is 14.7 Å². The van der Waals surface area contributed by atoms with Crippen molar-refractivity contribution in [3.63, 3.8) is 0 Å². The van der Waals surface area contributed by atoms with Gasteiger partial charge >= 0.3 is 0 Å². The van der Waals surface area contributed by atoms with E-state index in [1.165, 1.54) is 0 Å². The molecule has 4 nitrogen and oxygen atoms in total. The first-order valence-electron chi connectivity index (χ1n) is 6.61. The van der Waals surface area contributed by atoms with Crippen LogP contribution in [0, 0.1) is 11.5 Å². The fourth-order valence-electron chi connectivity index (χ4n) is 1.60. The summed E-state index contributed by atoms with van der Waals surface area (Å²) >= 11 is 1.58. The Kier molecular flexibility index (Phi) is 7.77. The van der Waals surface area contributed by atoms with Gasteiger partial charge in [-0.05, 0) is 24.5 Å². The van der Waals surface area contributed by atoms with Crippen molar-refractivity contribution in [1.82, 2.24) is 4.98 Å². The molecule has 0 saturated carbocycles. The molecule has 0 amide bonds. The van der Waals surface area contributed by atoms with Gasteiger partial charge in [0.15, 0.2) is 0 Å². The van der Waals surface area contributed by atoms with E-state index in [9.17, 15) is 0 Å². The first-order valence-corrected chi connectivity index (χ1v) is 7.83. The molecule has 0 radical (unpaired) electrons. The molecular formula is C16H18N2O2S. The molecule has 5 heteroatoms. The lowest BCUT2D eigenvalue weighted by Crippen LogP contribution is -2.01. The minimum atomic E-state index is 0.311. The van der Waals surface area contributed by atoms with Crippen LogP contribution >= 0.6 is 11.8 Å². The molecule has 110 valence electrons. The van der Waals surface area contributed by atoms with E-state index in [1.807, 2.05) is 44.4 Å². The van der Waals surface area contributed by atoms with Crippen LogP contribution in [-0.4, -0.2) is 11.2 Å². The second-order valence-corrected chi connectivity index (χ2v) is 4.44. The number of nitriles is 1. The second kappa shape index (κ2) is 9.67. The maximum absolute atomic E-state index is 8.66. The van der Waals surface area contributed by atoms with Crippen LogP contribution in [0.4, 0.5) is 0 Å². The Balaban J connectivity index is 0.00000106. The Hall–Kier alpha value is -2.19. The molecule has 0 N–H and O–H groups in total. The van der Waals surface area contributed by atoms with E-state index in [0.29, 0.717) is 18.2 Å². The molecular weight excluding hydrogens is 284 g/mol. The fraction of sp³-hybridized carbons (Fsp3) is 0.250. The summed E-state index contributed by atoms with van der Waals surface area (Å²) in [6.07, 6.45) is 5.33. The number of hydrogen-bond donors (Lipinski definition) is 0. The van der Waals surface area contributed by atoms with Crippen molar-refractivity contribution in [2.24, 2.45) is 0 Å². The largest absolute Gasteiger partial charge is 0.473 e. The number of benzene rings is 1. The molecule has 2 rings (SSSR count). The molecule has 0 aliphatic carbocycles. The average Bonchev–Trinajstić information content (AvgIpc) is 2.56. The van der Waals surface area contributed by atoms with E-state index in [1.54, 1.807) is 36.3 Å². The first kappa shape index (κ1) is 16.9. The highest BCUT2D eigenvalue weighted by Crippen LogP contribution is 2.29. The van der Waals surface area contributed by atoms with Crippen molar-refractivity contribution in [2.75, 3.05) is 6.26 Å². The quantitative estimate of drug-likeness (QED) is 0.610. The molecule has 0 aliphatic rings. The molecule has 1 aromatic carbocycles. The summed E-state index contributed by atoms with van der Waals surface area (Å²) < 4.78 is 10.6. The Labute approximate surface area is 129 Å². The zero-order valence-corrected chi connectivity index (χ0v) is 13.2. The van der Waals surface area contributed by atoms with Gasteiger partial charge < -0.3 is 9.47 Å². The Morgan fingerprint density at radius 2 is 2.00 bits per heavy atom. The summed E-state index contributed by atoms with van der Waals surface area (Å²) in [4.78, 5) is 5.11. The average molecular weight is 302 g/mol. The van der Waals surface area contributed by atoms with Crippen LogP contribution in [0.2, 0.25) is 0 Å². The van der Waals surface area contributed by atoms with E-state index < -0.39 is 0 Å². The molecule has 1 heterocycles. The monoisotopic (exact) mass is 302 g/mol. The zero-order chi connectivity index (χ0) is 15.5. The van der Waals surface area contributed by atoms with Crippen molar-refractivity contribution in [3.8, 4) is 17.9 Å². The number of aromatic nitrogens is 1. The van der Waals surface area contributed by atoms with E-state index in [-0.39, 0.29) is 0 Å². The van der Waals surface area contributed by atoms with E-state index >= 15 is 0 Å². The summed E-state index contributed by atoms with van der Waals surface area (Å²) in [5, 5.41) is 8.66. The third kappa shape index (κ3) is 5.01. The summed E-state index contributed by atoms with van der Waals surface area (Å²) in [7, 11) is 0. The molecule has 0 aliphatic heterocycles. The lowest BCUT2D eigenvalue weighted by atomic mass is 10.2. The number of thioether (sulfide) groups is 1. The van der Waals surface area contributed by atoms with E-state index in [0.717, 1.165) is 10.5 Å². The molecule has 0 spiro atoms. The van der Waals surface area contributed by atoms with Gasteiger partial charge in [-0.2, -0.15) is 0 Å². The smallest absolute Gasteiger partial charge is 0.292 e. The van der Waals surface area contributed by atoms with E-state index in [2.05, 4.69) is 4.98 Å². The third-order valence-corrected chi connectivity index (χ3v) is 3.29. The number of rotatable bonds is 5. The second-order valence-electron chi connectivity index (χ2n) is 3.59. The van der Waals surface area contributed by atoms with Gasteiger partial charge in [0.2, 0.25) is 5.88 Å². The van der Waals surface area contributed by atoms with Crippen molar-refractivity contribution in [1.29, 1.82) is 5.26 Å².